The fourth-order valence-electron chi connectivity index (χ4n) is 2.40. The molecule has 0 saturated heterocycles. The van der Waals surface area contributed by atoms with Gasteiger partial charge in [0.05, 0.1) is 6.04 Å². The molecular weight excluding hydrogens is 260 g/mol. The van der Waals surface area contributed by atoms with Crippen molar-refractivity contribution in [3.63, 3.8) is 0 Å². The minimum absolute atomic E-state index is 0.0415. The van der Waals surface area contributed by atoms with E-state index in [0.29, 0.717) is 6.42 Å². The van der Waals surface area contributed by atoms with Crippen LogP contribution in [-0.4, -0.2) is 19.0 Å². The van der Waals surface area contributed by atoms with Crippen LogP contribution >= 0.6 is 0 Å². The third-order valence-electron chi connectivity index (χ3n) is 3.71. The lowest BCUT2D eigenvalue weighted by Gasteiger charge is -2.23. The van der Waals surface area contributed by atoms with Gasteiger partial charge < -0.3 is 10.6 Å². The number of amides is 1. The molecule has 21 heavy (non-hydrogen) atoms. The van der Waals surface area contributed by atoms with E-state index in [1.165, 1.54) is 5.56 Å². The fourth-order valence-corrected chi connectivity index (χ4v) is 2.40. The first kappa shape index (κ1) is 15.3. The van der Waals surface area contributed by atoms with E-state index in [4.69, 9.17) is 5.73 Å². The maximum absolute atomic E-state index is 12.4. The van der Waals surface area contributed by atoms with Gasteiger partial charge >= 0.3 is 0 Å². The topological polar surface area (TPSA) is 46.3 Å². The highest BCUT2D eigenvalue weighted by Gasteiger charge is 2.19. The van der Waals surface area contributed by atoms with Crippen LogP contribution in [0.3, 0.4) is 0 Å². The van der Waals surface area contributed by atoms with Crippen molar-refractivity contribution in [2.45, 2.75) is 25.8 Å². The summed E-state index contributed by atoms with van der Waals surface area (Å²) in [7, 11) is 1.78. The van der Waals surface area contributed by atoms with Crippen LogP contribution in [0.5, 0.6) is 0 Å². The molecule has 0 aliphatic rings. The molecule has 0 bridgehead atoms. The minimum atomic E-state index is -0.477. The molecule has 0 radical (unpaired) electrons. The number of carbonyl (C=O) groups is 1. The van der Waals surface area contributed by atoms with E-state index in [2.05, 4.69) is 12.1 Å². The molecule has 1 atom stereocenters. The van der Waals surface area contributed by atoms with E-state index in [1.54, 1.807) is 11.9 Å². The number of hydrogen-bond acceptors (Lipinski definition) is 2. The number of hydrogen-bond donors (Lipinski definition) is 1. The molecular formula is C18H22N2O. The zero-order valence-electron chi connectivity index (χ0n) is 12.6. The Hall–Kier alpha value is -2.13. The van der Waals surface area contributed by atoms with Gasteiger partial charge in [-0.05, 0) is 37.0 Å². The zero-order valence-corrected chi connectivity index (χ0v) is 12.6. The summed E-state index contributed by atoms with van der Waals surface area (Å²) in [6, 6.07) is 17.5. The van der Waals surface area contributed by atoms with Gasteiger partial charge in [0.15, 0.2) is 0 Å². The number of likely N-dealkylation sites (N-methyl/N-ethyl adjacent to an activating group) is 1. The van der Waals surface area contributed by atoms with Crippen molar-refractivity contribution in [3.8, 4) is 0 Å². The molecule has 1 amide bonds. The molecule has 3 heteroatoms. The highest BCUT2D eigenvalue weighted by Crippen LogP contribution is 2.19. The summed E-state index contributed by atoms with van der Waals surface area (Å²) in [5.74, 6) is -0.0415. The van der Waals surface area contributed by atoms with Crippen molar-refractivity contribution < 1.29 is 4.79 Å². The Balaban J connectivity index is 1.97. The van der Waals surface area contributed by atoms with Crippen LogP contribution < -0.4 is 10.6 Å². The lowest BCUT2D eigenvalue weighted by Crippen LogP contribution is -2.42. The normalized spacial score (nSPS) is 12.0. The summed E-state index contributed by atoms with van der Waals surface area (Å²) >= 11 is 0. The third kappa shape index (κ3) is 3.92. The Morgan fingerprint density at radius 1 is 1.10 bits per heavy atom. The molecule has 0 aliphatic carbocycles. The van der Waals surface area contributed by atoms with Gasteiger partial charge in [-0.25, -0.2) is 0 Å². The van der Waals surface area contributed by atoms with Crippen LogP contribution in [0.15, 0.2) is 54.6 Å². The predicted molar refractivity (Wildman–Crippen MR) is 87.3 cm³/mol. The van der Waals surface area contributed by atoms with E-state index >= 15 is 0 Å². The summed E-state index contributed by atoms with van der Waals surface area (Å²) in [6.07, 6.45) is 1.47. The third-order valence-corrected chi connectivity index (χ3v) is 3.71. The second-order valence-corrected chi connectivity index (χ2v) is 5.31. The number of aryl methyl sites for hydroxylation is 2. The van der Waals surface area contributed by atoms with Crippen LogP contribution in [0.4, 0.5) is 5.69 Å². The first-order valence-electron chi connectivity index (χ1n) is 7.22. The lowest BCUT2D eigenvalue weighted by molar-refractivity contribution is -0.119. The minimum Gasteiger partial charge on any atom is -0.320 e. The van der Waals surface area contributed by atoms with Crippen LogP contribution in [0.1, 0.15) is 17.5 Å². The van der Waals surface area contributed by atoms with E-state index in [-0.39, 0.29) is 5.91 Å². The smallest absolute Gasteiger partial charge is 0.243 e. The quantitative estimate of drug-likeness (QED) is 0.916. The first-order chi connectivity index (χ1) is 10.1. The monoisotopic (exact) mass is 282 g/mol. The molecule has 0 heterocycles. The highest BCUT2D eigenvalue weighted by molar-refractivity contribution is 5.97. The van der Waals surface area contributed by atoms with Crippen LogP contribution in [0, 0.1) is 6.92 Å². The Kier molecular flexibility index (Phi) is 5.12. The van der Waals surface area contributed by atoms with Gasteiger partial charge in [-0.1, -0.05) is 48.5 Å². The average Bonchev–Trinajstić information content (AvgIpc) is 2.52. The molecule has 1 unspecified atom stereocenters. The predicted octanol–water partition coefficient (Wildman–Crippen LogP) is 2.92. The fraction of sp³-hybridized carbons (Fsp3) is 0.278. The molecule has 0 fully saturated rings. The van der Waals surface area contributed by atoms with Crippen molar-refractivity contribution in [1.29, 1.82) is 0 Å². The Morgan fingerprint density at radius 2 is 1.71 bits per heavy atom. The molecule has 110 valence electrons. The number of para-hydroxylation sites is 1. The molecule has 2 rings (SSSR count). The number of nitrogens with two attached hydrogens (primary N) is 1. The van der Waals surface area contributed by atoms with Crippen molar-refractivity contribution in [3.05, 3.63) is 65.7 Å². The van der Waals surface area contributed by atoms with Gasteiger partial charge in [-0.15, -0.1) is 0 Å². The van der Waals surface area contributed by atoms with Crippen molar-refractivity contribution in [2.24, 2.45) is 5.73 Å². The van der Waals surface area contributed by atoms with Crippen molar-refractivity contribution in [1.82, 2.24) is 0 Å². The maximum Gasteiger partial charge on any atom is 0.243 e. The lowest BCUT2D eigenvalue weighted by atomic mass is 10.0. The average molecular weight is 282 g/mol. The highest BCUT2D eigenvalue weighted by atomic mass is 16.2. The maximum atomic E-state index is 12.4. The molecule has 0 aromatic heterocycles. The molecule has 3 nitrogen and oxygen atoms in total. The number of benzene rings is 2. The number of carbonyl (C=O) groups excluding carboxylic acids is 1. The number of anilines is 1. The van der Waals surface area contributed by atoms with Gasteiger partial charge in [-0.3, -0.25) is 4.79 Å². The van der Waals surface area contributed by atoms with E-state index in [0.717, 1.165) is 17.7 Å². The number of nitrogens with zero attached hydrogens (tertiary/aromatic N) is 1. The SMILES string of the molecule is Cc1ccccc1N(C)C(=O)C(N)CCc1ccccc1. The Labute approximate surface area is 126 Å². The molecule has 2 N–H and O–H groups in total. The number of rotatable bonds is 5. The molecule has 0 aliphatic heterocycles. The van der Waals surface area contributed by atoms with Crippen LogP contribution in [-0.2, 0) is 11.2 Å². The molecule has 2 aromatic carbocycles. The van der Waals surface area contributed by atoms with E-state index < -0.39 is 6.04 Å². The largest absolute Gasteiger partial charge is 0.320 e. The van der Waals surface area contributed by atoms with Crippen LogP contribution in [0.25, 0.3) is 0 Å². The van der Waals surface area contributed by atoms with Gasteiger partial charge in [0, 0.05) is 12.7 Å². The molecule has 2 aromatic rings. The van der Waals surface area contributed by atoms with Crippen molar-refractivity contribution in [2.75, 3.05) is 11.9 Å². The second-order valence-electron chi connectivity index (χ2n) is 5.31. The summed E-state index contributed by atoms with van der Waals surface area (Å²) in [5.41, 5.74) is 9.26. The van der Waals surface area contributed by atoms with E-state index in [9.17, 15) is 4.79 Å². The Morgan fingerprint density at radius 3 is 2.38 bits per heavy atom. The summed E-state index contributed by atoms with van der Waals surface area (Å²) in [6.45, 7) is 1.99. The standard InChI is InChI=1S/C18H22N2O/c1-14-8-6-7-11-17(14)20(2)18(21)16(19)13-12-15-9-4-3-5-10-15/h3-11,16H,12-13,19H2,1-2H3. The van der Waals surface area contributed by atoms with Gasteiger partial charge in [0.25, 0.3) is 0 Å². The first-order valence-corrected chi connectivity index (χ1v) is 7.22. The summed E-state index contributed by atoms with van der Waals surface area (Å²) in [5, 5.41) is 0. The molecule has 0 spiro atoms. The van der Waals surface area contributed by atoms with Crippen LogP contribution in [0.2, 0.25) is 0 Å². The zero-order chi connectivity index (χ0) is 15.2. The van der Waals surface area contributed by atoms with Gasteiger partial charge in [0.1, 0.15) is 0 Å². The summed E-state index contributed by atoms with van der Waals surface area (Å²) in [4.78, 5) is 14.1. The van der Waals surface area contributed by atoms with Crippen molar-refractivity contribution >= 4 is 11.6 Å². The van der Waals surface area contributed by atoms with E-state index in [1.807, 2.05) is 49.4 Å². The second kappa shape index (κ2) is 7.04. The Bertz CT molecular complexity index is 595. The van der Waals surface area contributed by atoms with Gasteiger partial charge in [0.2, 0.25) is 5.91 Å². The molecule has 0 saturated carbocycles. The van der Waals surface area contributed by atoms with Gasteiger partial charge in [-0.2, -0.15) is 0 Å². The summed E-state index contributed by atoms with van der Waals surface area (Å²) < 4.78 is 0.